The first kappa shape index (κ1) is 14.0. The molecule has 4 heteroatoms. The highest BCUT2D eigenvalue weighted by atomic mass is 16.5. The van der Waals surface area contributed by atoms with Crippen molar-refractivity contribution in [2.24, 2.45) is 0 Å². The minimum absolute atomic E-state index is 0.0495. The fourth-order valence-electron chi connectivity index (χ4n) is 1.95. The van der Waals surface area contributed by atoms with E-state index in [0.29, 0.717) is 19.4 Å². The number of unbranched alkanes of at least 4 members (excludes halogenated alkanes) is 5. The summed E-state index contributed by atoms with van der Waals surface area (Å²) in [5.74, 6) is -0.323. The molecule has 1 amide bonds. The number of carbonyl (C=O) groups excluding carboxylic acids is 2. The summed E-state index contributed by atoms with van der Waals surface area (Å²) in [6.45, 7) is 2.68. The third-order valence-electron chi connectivity index (χ3n) is 3.02. The van der Waals surface area contributed by atoms with Crippen LogP contribution >= 0.6 is 0 Å². The Kier molecular flexibility index (Phi) is 6.67. The van der Waals surface area contributed by atoms with E-state index in [1.807, 2.05) is 0 Å². The average Bonchev–Trinajstić information content (AvgIpc) is 2.74. The van der Waals surface area contributed by atoms with Crippen molar-refractivity contribution in [3.05, 3.63) is 0 Å². The van der Waals surface area contributed by atoms with Crippen LogP contribution in [0.2, 0.25) is 0 Å². The molecule has 4 nitrogen and oxygen atoms in total. The second kappa shape index (κ2) is 8.09. The van der Waals surface area contributed by atoms with Crippen LogP contribution in [0.5, 0.6) is 0 Å². The number of esters is 1. The van der Waals surface area contributed by atoms with Gasteiger partial charge in [0.2, 0.25) is 5.91 Å². The number of nitrogens with one attached hydrogen (secondary N) is 1. The quantitative estimate of drug-likeness (QED) is 0.523. The minimum Gasteiger partial charge on any atom is -0.464 e. The number of rotatable bonds is 8. The molecule has 0 radical (unpaired) electrons. The van der Waals surface area contributed by atoms with Gasteiger partial charge in [-0.15, -0.1) is 0 Å². The standard InChI is InChI=1S/C13H23NO3/c1-2-3-4-5-6-7-10-17-13(16)11-8-9-12(15)14-11/h11H,2-10H2,1H3,(H,14,15)/t11-/m1/s1. The van der Waals surface area contributed by atoms with Crippen LogP contribution in [-0.2, 0) is 14.3 Å². The molecule has 1 saturated heterocycles. The zero-order valence-corrected chi connectivity index (χ0v) is 10.7. The molecule has 0 spiro atoms. The van der Waals surface area contributed by atoms with Crippen LogP contribution in [0.15, 0.2) is 0 Å². The highest BCUT2D eigenvalue weighted by Gasteiger charge is 2.28. The van der Waals surface area contributed by atoms with Crippen LogP contribution in [0, 0.1) is 0 Å². The minimum atomic E-state index is -0.400. The molecule has 0 aromatic carbocycles. The van der Waals surface area contributed by atoms with Crippen LogP contribution in [0.4, 0.5) is 0 Å². The van der Waals surface area contributed by atoms with E-state index in [2.05, 4.69) is 12.2 Å². The number of carbonyl (C=O) groups is 2. The van der Waals surface area contributed by atoms with Gasteiger partial charge in [-0.3, -0.25) is 4.79 Å². The first-order valence-corrected chi connectivity index (χ1v) is 6.70. The van der Waals surface area contributed by atoms with Gasteiger partial charge in [0, 0.05) is 6.42 Å². The van der Waals surface area contributed by atoms with Crippen LogP contribution in [0.1, 0.15) is 58.3 Å². The molecule has 0 unspecified atom stereocenters. The molecule has 17 heavy (non-hydrogen) atoms. The van der Waals surface area contributed by atoms with Crippen LogP contribution in [-0.4, -0.2) is 24.5 Å². The van der Waals surface area contributed by atoms with Crippen molar-refractivity contribution in [1.29, 1.82) is 0 Å². The lowest BCUT2D eigenvalue weighted by atomic mass is 10.1. The van der Waals surface area contributed by atoms with Crippen molar-refractivity contribution in [3.63, 3.8) is 0 Å². The summed E-state index contributed by atoms with van der Waals surface area (Å²) in [5, 5.41) is 2.61. The Morgan fingerprint density at radius 2 is 2.00 bits per heavy atom. The summed E-state index contributed by atoms with van der Waals surface area (Å²) >= 11 is 0. The summed E-state index contributed by atoms with van der Waals surface area (Å²) in [7, 11) is 0. The number of hydrogen-bond acceptors (Lipinski definition) is 3. The molecular formula is C13H23NO3. The van der Waals surface area contributed by atoms with Crippen molar-refractivity contribution in [2.75, 3.05) is 6.61 Å². The Labute approximate surface area is 103 Å². The summed E-state index contributed by atoms with van der Waals surface area (Å²) in [4.78, 5) is 22.4. The summed E-state index contributed by atoms with van der Waals surface area (Å²) in [6.07, 6.45) is 8.07. The van der Waals surface area contributed by atoms with E-state index in [-0.39, 0.29) is 11.9 Å². The molecule has 98 valence electrons. The molecule has 1 atom stereocenters. The Hall–Kier alpha value is -1.06. The van der Waals surface area contributed by atoms with E-state index < -0.39 is 6.04 Å². The molecule has 1 aliphatic rings. The van der Waals surface area contributed by atoms with Gasteiger partial charge in [0.1, 0.15) is 6.04 Å². The van der Waals surface area contributed by atoms with E-state index in [9.17, 15) is 9.59 Å². The SMILES string of the molecule is CCCCCCCCOC(=O)[C@H]1CCC(=O)N1. The van der Waals surface area contributed by atoms with E-state index in [1.165, 1.54) is 25.7 Å². The normalized spacial score (nSPS) is 19.1. The number of ether oxygens (including phenoxy) is 1. The van der Waals surface area contributed by atoms with Crippen molar-refractivity contribution >= 4 is 11.9 Å². The lowest BCUT2D eigenvalue weighted by Gasteiger charge is -2.09. The van der Waals surface area contributed by atoms with Gasteiger partial charge >= 0.3 is 5.97 Å². The second-order valence-corrected chi connectivity index (χ2v) is 4.59. The Morgan fingerprint density at radius 1 is 1.29 bits per heavy atom. The van der Waals surface area contributed by atoms with Gasteiger partial charge < -0.3 is 10.1 Å². The largest absolute Gasteiger partial charge is 0.464 e. The predicted octanol–water partition coefficient (Wildman–Crippen LogP) is 2.17. The molecule has 0 aromatic heterocycles. The number of amides is 1. The summed E-state index contributed by atoms with van der Waals surface area (Å²) in [6, 6.07) is -0.400. The van der Waals surface area contributed by atoms with Gasteiger partial charge in [0.25, 0.3) is 0 Å². The van der Waals surface area contributed by atoms with Gasteiger partial charge in [-0.2, -0.15) is 0 Å². The molecule has 1 fully saturated rings. The molecule has 1 N–H and O–H groups in total. The molecule has 1 heterocycles. The fraction of sp³-hybridized carbons (Fsp3) is 0.846. The van der Waals surface area contributed by atoms with E-state index in [1.54, 1.807) is 0 Å². The van der Waals surface area contributed by atoms with Crippen molar-refractivity contribution in [1.82, 2.24) is 5.32 Å². The summed E-state index contributed by atoms with van der Waals surface area (Å²) in [5.41, 5.74) is 0. The third-order valence-corrected chi connectivity index (χ3v) is 3.02. The topological polar surface area (TPSA) is 55.4 Å². The fourth-order valence-corrected chi connectivity index (χ4v) is 1.95. The summed E-state index contributed by atoms with van der Waals surface area (Å²) < 4.78 is 5.13. The van der Waals surface area contributed by atoms with E-state index >= 15 is 0 Å². The molecule has 1 aliphatic heterocycles. The lowest BCUT2D eigenvalue weighted by Crippen LogP contribution is -2.34. The van der Waals surface area contributed by atoms with Gasteiger partial charge in [-0.25, -0.2) is 4.79 Å². The molecule has 0 aromatic rings. The average molecular weight is 241 g/mol. The smallest absolute Gasteiger partial charge is 0.328 e. The second-order valence-electron chi connectivity index (χ2n) is 4.59. The van der Waals surface area contributed by atoms with Gasteiger partial charge in [0.05, 0.1) is 6.61 Å². The Bertz CT molecular complexity index is 253. The predicted molar refractivity (Wildman–Crippen MR) is 65.5 cm³/mol. The van der Waals surface area contributed by atoms with Crippen LogP contribution in [0.3, 0.4) is 0 Å². The monoisotopic (exact) mass is 241 g/mol. The van der Waals surface area contributed by atoms with E-state index in [0.717, 1.165) is 12.8 Å². The Morgan fingerprint density at radius 3 is 2.65 bits per heavy atom. The molecule has 0 bridgehead atoms. The zero-order valence-electron chi connectivity index (χ0n) is 10.7. The van der Waals surface area contributed by atoms with Crippen LogP contribution < -0.4 is 5.32 Å². The zero-order chi connectivity index (χ0) is 12.5. The van der Waals surface area contributed by atoms with Gasteiger partial charge in [-0.1, -0.05) is 39.0 Å². The first-order valence-electron chi connectivity index (χ1n) is 6.70. The Balaban J connectivity index is 1.95. The first-order chi connectivity index (χ1) is 8.24. The lowest BCUT2D eigenvalue weighted by molar-refractivity contribution is -0.146. The molecule has 0 aliphatic carbocycles. The highest BCUT2D eigenvalue weighted by molar-refractivity contribution is 5.87. The van der Waals surface area contributed by atoms with Crippen LogP contribution in [0.25, 0.3) is 0 Å². The van der Waals surface area contributed by atoms with E-state index in [4.69, 9.17) is 4.74 Å². The van der Waals surface area contributed by atoms with Crippen molar-refractivity contribution in [2.45, 2.75) is 64.3 Å². The maximum atomic E-state index is 11.5. The number of hydrogen-bond donors (Lipinski definition) is 1. The highest BCUT2D eigenvalue weighted by Crippen LogP contribution is 2.09. The van der Waals surface area contributed by atoms with Gasteiger partial charge in [-0.05, 0) is 12.8 Å². The maximum Gasteiger partial charge on any atom is 0.328 e. The molecule has 0 saturated carbocycles. The molecular weight excluding hydrogens is 218 g/mol. The molecule has 1 rings (SSSR count). The third kappa shape index (κ3) is 5.71. The van der Waals surface area contributed by atoms with Gasteiger partial charge in [0.15, 0.2) is 0 Å². The van der Waals surface area contributed by atoms with Crippen molar-refractivity contribution in [3.8, 4) is 0 Å². The van der Waals surface area contributed by atoms with Crippen molar-refractivity contribution < 1.29 is 14.3 Å². The maximum absolute atomic E-state index is 11.5.